The van der Waals surface area contributed by atoms with Crippen molar-refractivity contribution < 1.29 is 23.9 Å². The van der Waals surface area contributed by atoms with Crippen LogP contribution < -0.4 is 21.3 Å². The number of esters is 1. The Hall–Kier alpha value is -4.74. The summed E-state index contributed by atoms with van der Waals surface area (Å²) in [6.07, 6.45) is 2.12. The van der Waals surface area contributed by atoms with Crippen molar-refractivity contribution in [3.8, 4) is 11.5 Å². The van der Waals surface area contributed by atoms with Crippen LogP contribution in [0.2, 0.25) is 0 Å². The van der Waals surface area contributed by atoms with Gasteiger partial charge in [-0.2, -0.15) is 0 Å². The molecule has 0 spiro atoms. The fraction of sp³-hybridized carbons (Fsp3) is 0.400. The van der Waals surface area contributed by atoms with Gasteiger partial charge in [0.1, 0.15) is 22.9 Å². The third kappa shape index (κ3) is 11.8. The minimum Gasteiger partial charge on any atom is -0.466 e. The smallest absolute Gasteiger partial charge is 0.407 e. The molecule has 3 rings (SSSR count). The van der Waals surface area contributed by atoms with E-state index in [4.69, 9.17) is 9.47 Å². The van der Waals surface area contributed by atoms with Crippen LogP contribution in [0.3, 0.4) is 0 Å². The number of alkyl carbamates (subject to hydrolysis) is 1. The highest BCUT2D eigenvalue weighted by molar-refractivity contribution is 5.91. The highest BCUT2D eigenvalue weighted by atomic mass is 16.6. The molecule has 0 radical (unpaired) electrons. The molecule has 3 aromatic rings. The van der Waals surface area contributed by atoms with Crippen molar-refractivity contribution in [2.45, 2.75) is 52.6 Å². The van der Waals surface area contributed by atoms with E-state index in [1.54, 1.807) is 40.0 Å². The number of amides is 2. The Morgan fingerprint density at radius 2 is 1.64 bits per heavy atom. The molecule has 0 unspecified atom stereocenters. The van der Waals surface area contributed by atoms with E-state index in [1.165, 1.54) is 0 Å². The number of nitrogens with one attached hydrogen (secondary N) is 4. The standard InChI is InChI=1S/C30H39N7O5/c1-5-41-27(39)14-18-33-25-20-24(36-28(37-25)23-11-6-7-15-31-23)32-16-12-21-9-8-10-22(19-21)35-26(38)13-17-34-29(40)42-30(2,3)4/h6-11,15,19-20H,5,12-14,16-18H2,1-4H3,(H,34,40)(H,35,38)(H2,32,33,36,37). The molecule has 4 N–H and O–H groups in total. The van der Waals surface area contributed by atoms with E-state index >= 15 is 0 Å². The normalized spacial score (nSPS) is 10.9. The van der Waals surface area contributed by atoms with E-state index in [0.717, 1.165) is 5.56 Å². The van der Waals surface area contributed by atoms with Gasteiger partial charge in [0.25, 0.3) is 0 Å². The Morgan fingerprint density at radius 1 is 0.881 bits per heavy atom. The van der Waals surface area contributed by atoms with Crippen LogP contribution in [0.25, 0.3) is 11.5 Å². The maximum absolute atomic E-state index is 12.3. The summed E-state index contributed by atoms with van der Waals surface area (Å²) in [5.41, 5.74) is 1.71. The van der Waals surface area contributed by atoms with Crippen LogP contribution >= 0.6 is 0 Å². The number of pyridine rings is 1. The van der Waals surface area contributed by atoms with E-state index in [0.29, 0.717) is 55.0 Å². The van der Waals surface area contributed by atoms with Gasteiger partial charge >= 0.3 is 12.1 Å². The minimum atomic E-state index is -0.596. The third-order valence-corrected chi connectivity index (χ3v) is 5.51. The molecule has 1 aromatic carbocycles. The quantitative estimate of drug-likeness (QED) is 0.202. The molecule has 0 saturated heterocycles. The van der Waals surface area contributed by atoms with Gasteiger partial charge in [0.05, 0.1) is 13.0 Å². The molecule has 0 atom stereocenters. The van der Waals surface area contributed by atoms with Crippen LogP contribution in [-0.4, -0.2) is 64.8 Å². The minimum absolute atomic E-state index is 0.119. The summed E-state index contributed by atoms with van der Waals surface area (Å²) in [7, 11) is 0. The number of ether oxygens (including phenoxy) is 2. The van der Waals surface area contributed by atoms with Gasteiger partial charge in [0, 0.05) is 44.0 Å². The van der Waals surface area contributed by atoms with Crippen LogP contribution in [0.15, 0.2) is 54.7 Å². The van der Waals surface area contributed by atoms with Gasteiger partial charge in [0.15, 0.2) is 5.82 Å². The zero-order chi connectivity index (χ0) is 30.4. The lowest BCUT2D eigenvalue weighted by atomic mass is 10.1. The monoisotopic (exact) mass is 577 g/mol. The fourth-order valence-corrected chi connectivity index (χ4v) is 3.72. The maximum Gasteiger partial charge on any atom is 0.407 e. The molecular weight excluding hydrogens is 538 g/mol. The zero-order valence-corrected chi connectivity index (χ0v) is 24.5. The second kappa shape index (κ2) is 15.9. The SMILES string of the molecule is CCOC(=O)CCNc1cc(NCCc2cccc(NC(=O)CCNC(=O)OC(C)(C)C)c2)nc(-c2ccccn2)n1. The lowest BCUT2D eigenvalue weighted by Gasteiger charge is -2.19. The largest absolute Gasteiger partial charge is 0.466 e. The molecule has 2 heterocycles. The molecule has 0 bridgehead atoms. The average molecular weight is 578 g/mol. The third-order valence-electron chi connectivity index (χ3n) is 5.51. The number of anilines is 3. The van der Waals surface area contributed by atoms with Crippen molar-refractivity contribution in [2.24, 2.45) is 0 Å². The number of aromatic nitrogens is 3. The number of carbonyl (C=O) groups excluding carboxylic acids is 3. The van der Waals surface area contributed by atoms with Gasteiger partial charge in [0.2, 0.25) is 5.91 Å². The van der Waals surface area contributed by atoms with Gasteiger partial charge in [-0.1, -0.05) is 18.2 Å². The first-order valence-electron chi connectivity index (χ1n) is 13.9. The molecule has 2 amide bonds. The Labute approximate surface area is 246 Å². The predicted molar refractivity (Wildman–Crippen MR) is 161 cm³/mol. The number of nitrogens with zero attached hydrogens (tertiary/aromatic N) is 3. The highest BCUT2D eigenvalue weighted by Gasteiger charge is 2.16. The molecule has 12 heteroatoms. The van der Waals surface area contributed by atoms with Crippen LogP contribution in [0.4, 0.5) is 22.1 Å². The van der Waals surface area contributed by atoms with Crippen LogP contribution in [0.1, 0.15) is 46.1 Å². The van der Waals surface area contributed by atoms with Crippen molar-refractivity contribution in [3.05, 3.63) is 60.3 Å². The van der Waals surface area contributed by atoms with Crippen molar-refractivity contribution in [1.82, 2.24) is 20.3 Å². The molecule has 0 fully saturated rings. The fourth-order valence-electron chi connectivity index (χ4n) is 3.72. The predicted octanol–water partition coefficient (Wildman–Crippen LogP) is 4.41. The molecule has 2 aromatic heterocycles. The van der Waals surface area contributed by atoms with Crippen molar-refractivity contribution in [3.63, 3.8) is 0 Å². The van der Waals surface area contributed by atoms with Gasteiger partial charge in [-0.25, -0.2) is 14.8 Å². The summed E-state index contributed by atoms with van der Waals surface area (Å²) >= 11 is 0. The first-order chi connectivity index (χ1) is 20.1. The van der Waals surface area contributed by atoms with Gasteiger partial charge in [-0.05, 0) is 63.9 Å². The van der Waals surface area contributed by atoms with E-state index in [9.17, 15) is 14.4 Å². The number of benzene rings is 1. The Bertz CT molecular complexity index is 1330. The van der Waals surface area contributed by atoms with Crippen molar-refractivity contribution in [1.29, 1.82) is 0 Å². The summed E-state index contributed by atoms with van der Waals surface area (Å²) in [6, 6.07) is 14.9. The Balaban J connectivity index is 1.54. The molecule has 0 aliphatic rings. The van der Waals surface area contributed by atoms with Crippen molar-refractivity contribution >= 4 is 35.3 Å². The maximum atomic E-state index is 12.3. The summed E-state index contributed by atoms with van der Waals surface area (Å²) in [5, 5.41) is 11.9. The Morgan fingerprint density at radius 3 is 2.33 bits per heavy atom. The van der Waals surface area contributed by atoms with Crippen LogP contribution in [0.5, 0.6) is 0 Å². The first kappa shape index (κ1) is 31.8. The molecule has 0 saturated carbocycles. The highest BCUT2D eigenvalue weighted by Crippen LogP contribution is 2.19. The number of hydrogen-bond donors (Lipinski definition) is 4. The van der Waals surface area contributed by atoms with E-state index in [2.05, 4.69) is 36.2 Å². The Kier molecular flexibility index (Phi) is 12.0. The molecule has 12 nitrogen and oxygen atoms in total. The molecular formula is C30H39N7O5. The summed E-state index contributed by atoms with van der Waals surface area (Å²) in [4.78, 5) is 49.3. The number of hydrogen-bond acceptors (Lipinski definition) is 10. The van der Waals surface area contributed by atoms with Crippen LogP contribution in [0, 0.1) is 0 Å². The number of carbonyl (C=O) groups is 3. The van der Waals surface area contributed by atoms with Gasteiger partial charge < -0.3 is 30.7 Å². The lowest BCUT2D eigenvalue weighted by molar-refractivity contribution is -0.142. The topological polar surface area (TPSA) is 156 Å². The summed E-state index contributed by atoms with van der Waals surface area (Å²) < 4.78 is 10.2. The second-order valence-corrected chi connectivity index (χ2v) is 10.3. The lowest BCUT2D eigenvalue weighted by Crippen LogP contribution is -2.34. The second-order valence-electron chi connectivity index (χ2n) is 10.3. The van der Waals surface area contributed by atoms with Gasteiger partial charge in [-0.15, -0.1) is 0 Å². The van der Waals surface area contributed by atoms with Gasteiger partial charge in [-0.3, -0.25) is 14.6 Å². The van der Waals surface area contributed by atoms with Crippen LogP contribution in [-0.2, 0) is 25.5 Å². The molecule has 224 valence electrons. The van der Waals surface area contributed by atoms with E-state index in [1.807, 2.05) is 42.5 Å². The van der Waals surface area contributed by atoms with E-state index in [-0.39, 0.29) is 31.3 Å². The van der Waals surface area contributed by atoms with Crippen molar-refractivity contribution in [2.75, 3.05) is 42.2 Å². The zero-order valence-electron chi connectivity index (χ0n) is 24.5. The molecule has 0 aliphatic carbocycles. The molecule has 42 heavy (non-hydrogen) atoms. The average Bonchev–Trinajstić information content (AvgIpc) is 2.93. The van der Waals surface area contributed by atoms with E-state index < -0.39 is 11.7 Å². The summed E-state index contributed by atoms with van der Waals surface area (Å²) in [5.74, 6) is 1.12. The first-order valence-corrected chi connectivity index (χ1v) is 13.9. The number of rotatable bonds is 14. The summed E-state index contributed by atoms with van der Waals surface area (Å²) in [6.45, 7) is 8.55. The molecule has 0 aliphatic heterocycles.